The molecule has 66 valence electrons. The lowest BCUT2D eigenvalue weighted by Crippen LogP contribution is -1.90. The smallest absolute Gasteiger partial charge is 0.205 e. The fraction of sp³-hybridized carbons (Fsp3) is 0.333. The van der Waals surface area contributed by atoms with Gasteiger partial charge in [-0.15, -0.1) is 0 Å². The van der Waals surface area contributed by atoms with Crippen LogP contribution in [-0.4, -0.2) is 0 Å². The van der Waals surface area contributed by atoms with E-state index in [9.17, 15) is 8.78 Å². The zero-order valence-corrected chi connectivity index (χ0v) is 7.62. The van der Waals surface area contributed by atoms with Gasteiger partial charge in [-0.3, -0.25) is 0 Å². The minimum atomic E-state index is -2.44. The number of rotatable bonds is 1. The van der Waals surface area contributed by atoms with E-state index < -0.39 is 6.43 Å². The summed E-state index contributed by atoms with van der Waals surface area (Å²) in [6, 6.07) is 3.00. The van der Waals surface area contributed by atoms with Crippen molar-refractivity contribution in [3.05, 3.63) is 33.8 Å². The van der Waals surface area contributed by atoms with E-state index in [1.165, 1.54) is 6.07 Å². The maximum Gasteiger partial charge on any atom is 0.264 e. The van der Waals surface area contributed by atoms with Crippen LogP contribution in [0.5, 0.6) is 0 Å². The lowest BCUT2D eigenvalue weighted by atomic mass is 10.1. The molecule has 0 aliphatic heterocycles. The van der Waals surface area contributed by atoms with Crippen LogP contribution in [0.1, 0.15) is 23.1 Å². The summed E-state index contributed by atoms with van der Waals surface area (Å²) in [5, 5.41) is 0.399. The van der Waals surface area contributed by atoms with Gasteiger partial charge in [0.2, 0.25) is 0 Å². The first-order valence-electron chi connectivity index (χ1n) is 3.57. The van der Waals surface area contributed by atoms with Gasteiger partial charge in [0.05, 0.1) is 0 Å². The molecule has 0 saturated carbocycles. The van der Waals surface area contributed by atoms with Crippen molar-refractivity contribution in [3.63, 3.8) is 0 Å². The lowest BCUT2D eigenvalue weighted by Gasteiger charge is -2.06. The highest BCUT2D eigenvalue weighted by Gasteiger charge is 2.11. The van der Waals surface area contributed by atoms with Crippen LogP contribution in [0.4, 0.5) is 8.78 Å². The Hall–Kier alpha value is -0.630. The van der Waals surface area contributed by atoms with Crippen LogP contribution in [0.2, 0.25) is 5.02 Å². The third kappa shape index (κ3) is 1.75. The fourth-order valence-corrected chi connectivity index (χ4v) is 1.25. The second-order valence-corrected chi connectivity index (χ2v) is 3.17. The molecule has 0 N–H and O–H groups in total. The molecule has 0 nitrogen and oxygen atoms in total. The van der Waals surface area contributed by atoms with Gasteiger partial charge < -0.3 is 0 Å². The molecule has 0 aliphatic carbocycles. The minimum Gasteiger partial charge on any atom is -0.205 e. The van der Waals surface area contributed by atoms with Crippen LogP contribution in [-0.2, 0) is 0 Å². The van der Waals surface area contributed by atoms with Crippen molar-refractivity contribution >= 4 is 11.6 Å². The first kappa shape index (κ1) is 9.46. The van der Waals surface area contributed by atoms with Gasteiger partial charge in [0.15, 0.2) is 0 Å². The molecular weight excluding hydrogens is 182 g/mol. The van der Waals surface area contributed by atoms with Crippen molar-refractivity contribution in [2.45, 2.75) is 20.3 Å². The van der Waals surface area contributed by atoms with Crippen molar-refractivity contribution in [2.75, 3.05) is 0 Å². The molecule has 12 heavy (non-hydrogen) atoms. The first-order chi connectivity index (χ1) is 5.52. The molecule has 0 amide bonds. The van der Waals surface area contributed by atoms with Crippen molar-refractivity contribution in [3.8, 4) is 0 Å². The molecule has 3 heteroatoms. The Balaban J connectivity index is 3.23. The predicted molar refractivity (Wildman–Crippen MR) is 45.9 cm³/mol. The van der Waals surface area contributed by atoms with Crippen LogP contribution in [0.15, 0.2) is 12.1 Å². The van der Waals surface area contributed by atoms with Crippen LogP contribution in [0, 0.1) is 13.8 Å². The third-order valence-corrected chi connectivity index (χ3v) is 2.19. The van der Waals surface area contributed by atoms with Gasteiger partial charge in [-0.2, -0.15) is 0 Å². The quantitative estimate of drug-likeness (QED) is 0.630. The Morgan fingerprint density at radius 2 is 1.75 bits per heavy atom. The van der Waals surface area contributed by atoms with Gasteiger partial charge in [-0.05, 0) is 31.0 Å². The Bertz CT molecular complexity index is 295. The Morgan fingerprint density at radius 3 is 2.25 bits per heavy atom. The lowest BCUT2D eigenvalue weighted by molar-refractivity contribution is 0.150. The molecule has 0 heterocycles. The molecule has 0 spiro atoms. The van der Waals surface area contributed by atoms with Crippen LogP contribution >= 0.6 is 11.6 Å². The predicted octanol–water partition coefficient (Wildman–Crippen LogP) is 3.89. The van der Waals surface area contributed by atoms with Gasteiger partial charge >= 0.3 is 0 Å². The highest BCUT2D eigenvalue weighted by atomic mass is 35.5. The van der Waals surface area contributed by atoms with Gasteiger partial charge in [0.25, 0.3) is 6.43 Å². The highest BCUT2D eigenvalue weighted by molar-refractivity contribution is 6.31. The summed E-state index contributed by atoms with van der Waals surface area (Å²) >= 11 is 5.70. The summed E-state index contributed by atoms with van der Waals surface area (Å²) in [5.41, 5.74) is 1.44. The molecule has 0 fully saturated rings. The van der Waals surface area contributed by atoms with E-state index in [1.54, 1.807) is 19.9 Å². The molecular formula is C9H9ClF2. The molecule has 1 aromatic rings. The molecule has 0 unspecified atom stereocenters. The van der Waals surface area contributed by atoms with Crippen molar-refractivity contribution < 1.29 is 8.78 Å². The van der Waals surface area contributed by atoms with Crippen LogP contribution in [0.25, 0.3) is 0 Å². The van der Waals surface area contributed by atoms with Gasteiger partial charge in [-0.25, -0.2) is 8.78 Å². The first-order valence-corrected chi connectivity index (χ1v) is 3.95. The zero-order chi connectivity index (χ0) is 9.30. The molecule has 0 bridgehead atoms. The van der Waals surface area contributed by atoms with Crippen molar-refractivity contribution in [2.24, 2.45) is 0 Å². The van der Waals surface area contributed by atoms with Crippen molar-refractivity contribution in [1.82, 2.24) is 0 Å². The molecule has 0 atom stereocenters. The molecule has 0 radical (unpaired) electrons. The normalized spacial score (nSPS) is 10.8. The number of hydrogen-bond acceptors (Lipinski definition) is 0. The second-order valence-electron chi connectivity index (χ2n) is 2.76. The molecule has 0 aliphatic rings. The summed E-state index contributed by atoms with van der Waals surface area (Å²) in [5.74, 6) is 0. The van der Waals surface area contributed by atoms with Gasteiger partial charge in [0, 0.05) is 10.6 Å². The van der Waals surface area contributed by atoms with Crippen LogP contribution < -0.4 is 0 Å². The fourth-order valence-electron chi connectivity index (χ4n) is 1.08. The van der Waals surface area contributed by atoms with E-state index >= 15 is 0 Å². The molecule has 0 saturated heterocycles. The maximum absolute atomic E-state index is 12.3. The van der Waals surface area contributed by atoms with E-state index in [0.717, 1.165) is 5.56 Å². The number of benzene rings is 1. The van der Waals surface area contributed by atoms with Crippen molar-refractivity contribution in [1.29, 1.82) is 0 Å². The summed E-state index contributed by atoms with van der Waals surface area (Å²) in [4.78, 5) is 0. The summed E-state index contributed by atoms with van der Waals surface area (Å²) < 4.78 is 24.6. The third-order valence-electron chi connectivity index (χ3n) is 1.78. The molecule has 1 rings (SSSR count). The standard InChI is InChI=1S/C9H9ClF2/c1-5-3-6(2)8(10)4-7(5)9(11)12/h3-4,9H,1-2H3. The zero-order valence-electron chi connectivity index (χ0n) is 6.87. The SMILES string of the molecule is Cc1cc(C)c(C(F)F)cc1Cl. The largest absolute Gasteiger partial charge is 0.264 e. The second kappa shape index (κ2) is 3.40. The number of aryl methyl sites for hydroxylation is 2. The average Bonchev–Trinajstić information content (AvgIpc) is 1.96. The number of hydrogen-bond donors (Lipinski definition) is 0. The highest BCUT2D eigenvalue weighted by Crippen LogP contribution is 2.27. The minimum absolute atomic E-state index is 0.0191. The number of alkyl halides is 2. The van der Waals surface area contributed by atoms with Crippen LogP contribution in [0.3, 0.4) is 0 Å². The molecule has 0 aromatic heterocycles. The monoisotopic (exact) mass is 190 g/mol. The summed E-state index contributed by atoms with van der Waals surface area (Å²) in [6.07, 6.45) is -2.44. The number of halogens is 3. The van der Waals surface area contributed by atoms with Gasteiger partial charge in [-0.1, -0.05) is 17.7 Å². The average molecular weight is 191 g/mol. The Labute approximate surface area is 75.2 Å². The van der Waals surface area contributed by atoms with E-state index in [-0.39, 0.29) is 5.56 Å². The summed E-state index contributed by atoms with van der Waals surface area (Å²) in [7, 11) is 0. The van der Waals surface area contributed by atoms with E-state index in [2.05, 4.69) is 0 Å². The Morgan fingerprint density at radius 1 is 1.17 bits per heavy atom. The van der Waals surface area contributed by atoms with E-state index in [4.69, 9.17) is 11.6 Å². The van der Waals surface area contributed by atoms with E-state index in [1.807, 2.05) is 0 Å². The summed E-state index contributed by atoms with van der Waals surface area (Å²) in [6.45, 7) is 3.45. The van der Waals surface area contributed by atoms with E-state index in [0.29, 0.717) is 10.6 Å². The molecule has 1 aromatic carbocycles. The maximum atomic E-state index is 12.3. The Kier molecular flexibility index (Phi) is 2.68. The van der Waals surface area contributed by atoms with Gasteiger partial charge in [0.1, 0.15) is 0 Å². The topological polar surface area (TPSA) is 0 Å².